The zero-order valence-corrected chi connectivity index (χ0v) is 15.6. The molecule has 0 aliphatic heterocycles. The molecular weight excluding hydrogens is 320 g/mol. The second kappa shape index (κ2) is 7.66. The van der Waals surface area contributed by atoms with Crippen molar-refractivity contribution >= 4 is 0 Å². The van der Waals surface area contributed by atoms with Crippen LogP contribution in [0.1, 0.15) is 25.0 Å². The summed E-state index contributed by atoms with van der Waals surface area (Å²) >= 11 is 0. The second-order valence-electron chi connectivity index (χ2n) is 6.06. The van der Waals surface area contributed by atoms with E-state index in [0.29, 0.717) is 34.1 Å². The molecule has 0 aliphatic rings. The van der Waals surface area contributed by atoms with Crippen molar-refractivity contribution in [1.29, 1.82) is 0 Å². The Balaban J connectivity index is 2.67. The first-order valence-electron chi connectivity index (χ1n) is 8.09. The molecule has 0 fully saturated rings. The Hall–Kier alpha value is -2.40. The molecule has 5 nitrogen and oxygen atoms in total. The van der Waals surface area contributed by atoms with Crippen molar-refractivity contribution in [3.63, 3.8) is 0 Å². The average Bonchev–Trinajstić information content (AvgIpc) is 2.65. The lowest BCUT2D eigenvalue weighted by Gasteiger charge is -2.35. The molecular formula is C20H26O5. The first-order valence-corrected chi connectivity index (χ1v) is 8.09. The van der Waals surface area contributed by atoms with Gasteiger partial charge in [-0.05, 0) is 35.7 Å². The Morgan fingerprint density at radius 2 is 1.40 bits per heavy atom. The molecule has 2 rings (SSSR count). The van der Waals surface area contributed by atoms with Gasteiger partial charge in [0.15, 0.2) is 11.5 Å². The smallest absolute Gasteiger partial charge is 0.161 e. The Morgan fingerprint density at radius 3 is 1.92 bits per heavy atom. The zero-order chi connectivity index (χ0) is 18.6. The lowest BCUT2D eigenvalue weighted by molar-refractivity contribution is 0.0292. The van der Waals surface area contributed by atoms with E-state index < -0.39 is 5.60 Å². The van der Waals surface area contributed by atoms with Crippen LogP contribution < -0.4 is 18.9 Å². The van der Waals surface area contributed by atoms with E-state index in [-0.39, 0.29) is 5.92 Å². The quantitative estimate of drug-likeness (QED) is 0.830. The molecule has 0 radical (unpaired) electrons. The van der Waals surface area contributed by atoms with Gasteiger partial charge in [0.05, 0.1) is 28.4 Å². The number of methoxy groups -OCH3 is 4. The molecule has 0 saturated carbocycles. The molecule has 2 aromatic carbocycles. The highest BCUT2D eigenvalue weighted by molar-refractivity contribution is 5.52. The minimum absolute atomic E-state index is 0.118. The third-order valence-electron chi connectivity index (χ3n) is 4.48. The molecule has 1 unspecified atom stereocenters. The van der Waals surface area contributed by atoms with Gasteiger partial charge in [-0.3, -0.25) is 0 Å². The minimum Gasteiger partial charge on any atom is -0.497 e. The summed E-state index contributed by atoms with van der Waals surface area (Å²) in [5.74, 6) is 2.28. The summed E-state index contributed by atoms with van der Waals surface area (Å²) in [6.07, 6.45) is 0. The molecule has 0 saturated heterocycles. The first kappa shape index (κ1) is 18.9. The first-order chi connectivity index (χ1) is 11.9. The van der Waals surface area contributed by atoms with Crippen LogP contribution in [0.15, 0.2) is 36.4 Å². The Morgan fingerprint density at radius 1 is 0.760 bits per heavy atom. The average molecular weight is 346 g/mol. The van der Waals surface area contributed by atoms with E-state index in [9.17, 15) is 5.11 Å². The molecule has 1 atom stereocenters. The molecule has 0 amide bonds. The van der Waals surface area contributed by atoms with Gasteiger partial charge in [0.2, 0.25) is 0 Å². The van der Waals surface area contributed by atoms with Gasteiger partial charge in [0.25, 0.3) is 0 Å². The van der Waals surface area contributed by atoms with Crippen molar-refractivity contribution < 1.29 is 24.1 Å². The fourth-order valence-electron chi connectivity index (χ4n) is 2.99. The highest BCUT2D eigenvalue weighted by Crippen LogP contribution is 2.44. The van der Waals surface area contributed by atoms with Gasteiger partial charge >= 0.3 is 0 Å². The topological polar surface area (TPSA) is 57.2 Å². The third-order valence-corrected chi connectivity index (χ3v) is 4.48. The van der Waals surface area contributed by atoms with Gasteiger partial charge in [-0.1, -0.05) is 19.9 Å². The van der Waals surface area contributed by atoms with E-state index in [2.05, 4.69) is 0 Å². The van der Waals surface area contributed by atoms with Crippen LogP contribution in [0.2, 0.25) is 0 Å². The molecule has 0 aliphatic carbocycles. The molecule has 2 aromatic rings. The van der Waals surface area contributed by atoms with Crippen LogP contribution in [0.5, 0.6) is 23.0 Å². The van der Waals surface area contributed by atoms with Crippen LogP contribution in [-0.2, 0) is 5.60 Å². The molecule has 136 valence electrons. The maximum atomic E-state index is 11.7. The number of hydrogen-bond donors (Lipinski definition) is 1. The maximum absolute atomic E-state index is 11.7. The summed E-state index contributed by atoms with van der Waals surface area (Å²) in [7, 11) is 6.33. The summed E-state index contributed by atoms with van der Waals surface area (Å²) in [5.41, 5.74) is 0.0959. The van der Waals surface area contributed by atoms with Crippen molar-refractivity contribution in [2.24, 2.45) is 5.92 Å². The van der Waals surface area contributed by atoms with Gasteiger partial charge in [-0.15, -0.1) is 0 Å². The second-order valence-corrected chi connectivity index (χ2v) is 6.06. The SMILES string of the molecule is COc1ccc(C(O)(c2ccc(OC)c(OC)c2)C(C)C)c(OC)c1. The van der Waals surface area contributed by atoms with Crippen molar-refractivity contribution in [3.8, 4) is 23.0 Å². The molecule has 0 heterocycles. The number of aliphatic hydroxyl groups is 1. The minimum atomic E-state index is -1.27. The van der Waals surface area contributed by atoms with Crippen molar-refractivity contribution in [3.05, 3.63) is 47.5 Å². The van der Waals surface area contributed by atoms with Crippen molar-refractivity contribution in [2.45, 2.75) is 19.4 Å². The highest BCUT2D eigenvalue weighted by Gasteiger charge is 2.38. The highest BCUT2D eigenvalue weighted by atomic mass is 16.5. The lowest BCUT2D eigenvalue weighted by Crippen LogP contribution is -2.34. The number of benzene rings is 2. The molecule has 25 heavy (non-hydrogen) atoms. The van der Waals surface area contributed by atoms with Crippen LogP contribution >= 0.6 is 0 Å². The summed E-state index contributed by atoms with van der Waals surface area (Å²) in [6.45, 7) is 3.92. The predicted molar refractivity (Wildman–Crippen MR) is 96.9 cm³/mol. The number of hydrogen-bond acceptors (Lipinski definition) is 5. The molecule has 0 spiro atoms. The maximum Gasteiger partial charge on any atom is 0.161 e. The van der Waals surface area contributed by atoms with Crippen LogP contribution in [0, 0.1) is 5.92 Å². The number of ether oxygens (including phenoxy) is 4. The van der Waals surface area contributed by atoms with Crippen LogP contribution in [-0.4, -0.2) is 33.5 Å². The summed E-state index contributed by atoms with van der Waals surface area (Å²) < 4.78 is 21.5. The van der Waals surface area contributed by atoms with Gasteiger partial charge < -0.3 is 24.1 Å². The predicted octanol–water partition coefficient (Wildman–Crippen LogP) is 3.61. The van der Waals surface area contributed by atoms with Gasteiger partial charge in [0.1, 0.15) is 17.1 Å². The summed E-state index contributed by atoms with van der Waals surface area (Å²) in [6, 6.07) is 10.8. The Bertz CT molecular complexity index is 726. The third kappa shape index (κ3) is 3.37. The van der Waals surface area contributed by atoms with Gasteiger partial charge in [-0.2, -0.15) is 0 Å². The van der Waals surface area contributed by atoms with Crippen LogP contribution in [0.25, 0.3) is 0 Å². The monoisotopic (exact) mass is 346 g/mol. The van der Waals surface area contributed by atoms with Crippen LogP contribution in [0.4, 0.5) is 0 Å². The summed E-state index contributed by atoms with van der Waals surface area (Å²) in [4.78, 5) is 0. The van der Waals surface area contributed by atoms with E-state index in [4.69, 9.17) is 18.9 Å². The largest absolute Gasteiger partial charge is 0.497 e. The van der Waals surface area contributed by atoms with E-state index >= 15 is 0 Å². The van der Waals surface area contributed by atoms with Gasteiger partial charge in [-0.25, -0.2) is 0 Å². The number of rotatable bonds is 7. The van der Waals surface area contributed by atoms with E-state index in [0.717, 1.165) is 0 Å². The van der Waals surface area contributed by atoms with E-state index in [1.54, 1.807) is 46.6 Å². The zero-order valence-electron chi connectivity index (χ0n) is 15.6. The fourth-order valence-corrected chi connectivity index (χ4v) is 2.99. The summed E-state index contributed by atoms with van der Waals surface area (Å²) in [5, 5.41) is 11.7. The standard InChI is InChI=1S/C20H26O5/c1-13(2)20(21,14-7-10-17(23-4)19(11-14)25-6)16-9-8-15(22-3)12-18(16)24-5/h7-13,21H,1-6H3. The van der Waals surface area contributed by atoms with E-state index in [1.165, 1.54) is 0 Å². The van der Waals surface area contributed by atoms with E-state index in [1.807, 2.05) is 32.0 Å². The normalized spacial score (nSPS) is 13.3. The molecule has 0 bridgehead atoms. The van der Waals surface area contributed by atoms with Crippen molar-refractivity contribution in [1.82, 2.24) is 0 Å². The van der Waals surface area contributed by atoms with Crippen molar-refractivity contribution in [2.75, 3.05) is 28.4 Å². The van der Waals surface area contributed by atoms with Crippen LogP contribution in [0.3, 0.4) is 0 Å². The lowest BCUT2D eigenvalue weighted by atomic mass is 9.77. The molecule has 1 N–H and O–H groups in total. The molecule has 0 aromatic heterocycles. The van der Waals surface area contributed by atoms with Gasteiger partial charge in [0, 0.05) is 11.6 Å². The Labute approximate surface area is 149 Å². The molecule has 5 heteroatoms. The fraction of sp³-hybridized carbons (Fsp3) is 0.400. The Kier molecular flexibility index (Phi) is 5.80.